The van der Waals surface area contributed by atoms with Crippen molar-refractivity contribution in [1.82, 2.24) is 9.80 Å². The van der Waals surface area contributed by atoms with Crippen molar-refractivity contribution in [1.29, 1.82) is 0 Å². The Bertz CT molecular complexity index is 1130. The lowest BCUT2D eigenvalue weighted by atomic mass is 10.0. The van der Waals surface area contributed by atoms with Gasteiger partial charge in [0.2, 0.25) is 5.91 Å². The number of carbonyl (C=O) groups excluding carboxylic acids is 2. The van der Waals surface area contributed by atoms with E-state index in [1.165, 1.54) is 29.1 Å². The summed E-state index contributed by atoms with van der Waals surface area (Å²) in [4.78, 5) is 31.2. The monoisotopic (exact) mass is 480 g/mol. The van der Waals surface area contributed by atoms with Gasteiger partial charge in [-0.3, -0.25) is 9.59 Å². The Morgan fingerprint density at radius 2 is 1.85 bits per heavy atom. The van der Waals surface area contributed by atoms with Crippen molar-refractivity contribution >= 4 is 23.2 Å². The molecule has 0 N–H and O–H groups in total. The lowest BCUT2D eigenvalue weighted by molar-refractivity contribution is -0.135. The Balaban J connectivity index is 1.51. The molecule has 0 fully saturated rings. The summed E-state index contributed by atoms with van der Waals surface area (Å²) in [6.45, 7) is 5.34. The van der Waals surface area contributed by atoms with Gasteiger partial charge >= 0.3 is 0 Å². The zero-order chi connectivity index (χ0) is 24.1. The standard InChI is InChI=1S/C27H29FN2O3S/c1-3-14-29(27(32)20-6-8-21(28)9-7-20)17-26(31)30-15-12-25-23(13-16-34-25)24(30)18-33-22-10-4-19(2)5-11-22/h4-11,13,16,24H,3,12,14-15,17-18H2,1-2H3. The molecule has 0 aliphatic carbocycles. The number of aryl methyl sites for hydroxylation is 1. The number of hydrogen-bond acceptors (Lipinski definition) is 4. The number of nitrogens with zero attached hydrogens (tertiary/aromatic N) is 2. The van der Waals surface area contributed by atoms with Gasteiger partial charge in [-0.05, 0) is 73.2 Å². The second-order valence-electron chi connectivity index (χ2n) is 8.51. The van der Waals surface area contributed by atoms with E-state index in [2.05, 4.69) is 11.4 Å². The van der Waals surface area contributed by atoms with Crippen molar-refractivity contribution in [3.8, 4) is 5.75 Å². The van der Waals surface area contributed by atoms with Gasteiger partial charge in [-0.2, -0.15) is 0 Å². The van der Waals surface area contributed by atoms with Gasteiger partial charge in [0.05, 0.1) is 6.04 Å². The molecule has 0 saturated carbocycles. The highest BCUT2D eigenvalue weighted by molar-refractivity contribution is 7.10. The van der Waals surface area contributed by atoms with Crippen LogP contribution in [0.4, 0.5) is 4.39 Å². The molecule has 178 valence electrons. The van der Waals surface area contributed by atoms with E-state index < -0.39 is 5.82 Å². The maximum absolute atomic E-state index is 13.5. The molecule has 0 saturated heterocycles. The van der Waals surface area contributed by atoms with Gasteiger partial charge in [0.25, 0.3) is 5.91 Å². The first kappa shape index (κ1) is 24.0. The molecule has 0 bridgehead atoms. The molecule has 2 heterocycles. The molecule has 1 unspecified atom stereocenters. The Morgan fingerprint density at radius 1 is 1.12 bits per heavy atom. The highest BCUT2D eigenvalue weighted by Gasteiger charge is 2.33. The lowest BCUT2D eigenvalue weighted by Crippen LogP contribution is -2.48. The van der Waals surface area contributed by atoms with Crippen LogP contribution in [0.25, 0.3) is 0 Å². The largest absolute Gasteiger partial charge is 0.491 e. The summed E-state index contributed by atoms with van der Waals surface area (Å²) in [7, 11) is 0. The van der Waals surface area contributed by atoms with Crippen molar-refractivity contribution in [3.63, 3.8) is 0 Å². The zero-order valence-corrected chi connectivity index (χ0v) is 20.3. The molecule has 1 atom stereocenters. The van der Waals surface area contributed by atoms with E-state index in [9.17, 15) is 14.0 Å². The van der Waals surface area contributed by atoms with Crippen LogP contribution in [0.1, 0.15) is 45.7 Å². The van der Waals surface area contributed by atoms with Crippen LogP contribution in [-0.2, 0) is 11.2 Å². The second kappa shape index (κ2) is 10.8. The fraction of sp³-hybridized carbons (Fsp3) is 0.333. The third kappa shape index (κ3) is 5.47. The van der Waals surface area contributed by atoms with E-state index in [-0.39, 0.29) is 24.4 Å². The van der Waals surface area contributed by atoms with Crippen molar-refractivity contribution in [2.45, 2.75) is 32.7 Å². The summed E-state index contributed by atoms with van der Waals surface area (Å²) >= 11 is 1.70. The summed E-state index contributed by atoms with van der Waals surface area (Å²) in [6.07, 6.45) is 1.51. The number of ether oxygens (including phenoxy) is 1. The summed E-state index contributed by atoms with van der Waals surface area (Å²) in [6, 6.07) is 15.2. The Labute approximate surface area is 203 Å². The minimum Gasteiger partial charge on any atom is -0.491 e. The van der Waals surface area contributed by atoms with Crippen molar-refractivity contribution in [2.24, 2.45) is 0 Å². The number of benzene rings is 2. The maximum Gasteiger partial charge on any atom is 0.254 e. The molecule has 3 aromatic rings. The van der Waals surface area contributed by atoms with Crippen LogP contribution in [0, 0.1) is 12.7 Å². The highest BCUT2D eigenvalue weighted by atomic mass is 32.1. The molecule has 0 spiro atoms. The van der Waals surface area contributed by atoms with Crippen LogP contribution in [0.2, 0.25) is 0 Å². The van der Waals surface area contributed by atoms with E-state index in [1.54, 1.807) is 16.2 Å². The number of fused-ring (bicyclic) bond motifs is 1. The van der Waals surface area contributed by atoms with E-state index in [0.717, 1.165) is 29.7 Å². The lowest BCUT2D eigenvalue weighted by Gasteiger charge is -2.37. The fourth-order valence-corrected chi connectivity index (χ4v) is 5.16. The summed E-state index contributed by atoms with van der Waals surface area (Å²) < 4.78 is 19.4. The van der Waals surface area contributed by atoms with Crippen LogP contribution in [0.3, 0.4) is 0 Å². The van der Waals surface area contributed by atoms with Gasteiger partial charge in [-0.15, -0.1) is 11.3 Å². The summed E-state index contributed by atoms with van der Waals surface area (Å²) in [5, 5.41) is 2.05. The molecular weight excluding hydrogens is 451 g/mol. The Hall–Kier alpha value is -3.19. The fourth-order valence-electron chi connectivity index (χ4n) is 4.24. The molecule has 1 aromatic heterocycles. The Morgan fingerprint density at radius 3 is 2.56 bits per heavy atom. The van der Waals surface area contributed by atoms with Crippen LogP contribution in [0.5, 0.6) is 5.75 Å². The van der Waals surface area contributed by atoms with Crippen molar-refractivity contribution in [2.75, 3.05) is 26.2 Å². The number of hydrogen-bond donors (Lipinski definition) is 0. The van der Waals surface area contributed by atoms with Gasteiger partial charge in [-0.1, -0.05) is 24.6 Å². The van der Waals surface area contributed by atoms with Gasteiger partial charge < -0.3 is 14.5 Å². The topological polar surface area (TPSA) is 49.9 Å². The first-order chi connectivity index (χ1) is 16.5. The van der Waals surface area contributed by atoms with Crippen molar-refractivity contribution in [3.05, 3.63) is 87.4 Å². The quantitative estimate of drug-likeness (QED) is 0.442. The van der Waals surface area contributed by atoms with Crippen LogP contribution in [0.15, 0.2) is 60.0 Å². The molecule has 2 amide bonds. The minimum absolute atomic E-state index is 0.0233. The predicted molar refractivity (Wildman–Crippen MR) is 132 cm³/mol. The molecule has 2 aromatic carbocycles. The molecule has 0 radical (unpaired) electrons. The third-order valence-electron chi connectivity index (χ3n) is 6.04. The van der Waals surface area contributed by atoms with Crippen LogP contribution >= 0.6 is 11.3 Å². The number of amides is 2. The molecule has 4 rings (SSSR count). The molecule has 7 heteroatoms. The number of rotatable bonds is 8. The van der Waals surface area contributed by atoms with E-state index in [0.29, 0.717) is 25.3 Å². The summed E-state index contributed by atoms with van der Waals surface area (Å²) in [5.41, 5.74) is 2.65. The van der Waals surface area contributed by atoms with Crippen LogP contribution in [-0.4, -0.2) is 47.9 Å². The maximum atomic E-state index is 13.5. The van der Waals surface area contributed by atoms with Gasteiger partial charge in [0.15, 0.2) is 0 Å². The molecule has 1 aliphatic rings. The predicted octanol–water partition coefficient (Wildman–Crippen LogP) is 5.25. The average molecular weight is 481 g/mol. The van der Waals surface area contributed by atoms with E-state index >= 15 is 0 Å². The molecule has 5 nitrogen and oxygen atoms in total. The third-order valence-corrected chi connectivity index (χ3v) is 7.04. The second-order valence-corrected chi connectivity index (χ2v) is 9.51. The zero-order valence-electron chi connectivity index (χ0n) is 19.5. The number of thiophene rings is 1. The van der Waals surface area contributed by atoms with Gasteiger partial charge in [0, 0.05) is 23.5 Å². The minimum atomic E-state index is -0.397. The highest BCUT2D eigenvalue weighted by Crippen LogP contribution is 2.34. The molecule has 1 aliphatic heterocycles. The average Bonchev–Trinajstić information content (AvgIpc) is 3.32. The van der Waals surface area contributed by atoms with Gasteiger partial charge in [-0.25, -0.2) is 4.39 Å². The number of carbonyl (C=O) groups is 2. The van der Waals surface area contributed by atoms with Crippen molar-refractivity contribution < 1.29 is 18.7 Å². The Kier molecular flexibility index (Phi) is 7.63. The molecular formula is C27H29FN2O3S. The van der Waals surface area contributed by atoms with Crippen LogP contribution < -0.4 is 4.74 Å². The first-order valence-corrected chi connectivity index (χ1v) is 12.4. The normalized spacial score (nSPS) is 15.0. The first-order valence-electron chi connectivity index (χ1n) is 11.6. The van der Waals surface area contributed by atoms with E-state index in [4.69, 9.17) is 4.74 Å². The SMILES string of the molecule is CCCN(CC(=O)N1CCc2sccc2C1COc1ccc(C)cc1)C(=O)c1ccc(F)cc1. The molecule has 34 heavy (non-hydrogen) atoms. The van der Waals surface area contributed by atoms with Gasteiger partial charge in [0.1, 0.15) is 24.7 Å². The summed E-state index contributed by atoms with van der Waals surface area (Å²) in [5.74, 6) is -0.0143. The van der Waals surface area contributed by atoms with E-state index in [1.807, 2.05) is 43.0 Å². The number of halogens is 1. The smallest absolute Gasteiger partial charge is 0.254 e.